The first kappa shape index (κ1) is 22.2. The molecule has 0 radical (unpaired) electrons. The molecule has 0 aliphatic carbocycles. The number of carbonyl (C=O) groups excluding carboxylic acids is 2. The number of ether oxygens (including phenoxy) is 1. The molecule has 0 bridgehead atoms. The van der Waals surface area contributed by atoms with Crippen molar-refractivity contribution in [3.63, 3.8) is 0 Å². The van der Waals surface area contributed by atoms with E-state index in [1.54, 1.807) is 30.3 Å². The molecule has 0 saturated carbocycles. The normalized spacial score (nSPS) is 12.1. The summed E-state index contributed by atoms with van der Waals surface area (Å²) in [5.74, 6) is -1.30. The van der Waals surface area contributed by atoms with Crippen LogP contribution in [0.3, 0.4) is 0 Å². The number of sulfone groups is 1. The maximum Gasteiger partial charge on any atom is 0.339 e. The Morgan fingerprint density at radius 2 is 1.61 bits per heavy atom. The van der Waals surface area contributed by atoms with Gasteiger partial charge in [-0.1, -0.05) is 48.5 Å². The number of esters is 1. The molecule has 3 aromatic carbocycles. The van der Waals surface area contributed by atoms with E-state index in [0.29, 0.717) is 11.3 Å². The molecule has 3 aromatic rings. The smallest absolute Gasteiger partial charge is 0.339 e. The van der Waals surface area contributed by atoms with Crippen LogP contribution in [0, 0.1) is 13.8 Å². The van der Waals surface area contributed by atoms with Crippen molar-refractivity contribution < 1.29 is 22.7 Å². The minimum absolute atomic E-state index is 0.00181. The van der Waals surface area contributed by atoms with Crippen molar-refractivity contribution >= 4 is 27.4 Å². The average molecular weight is 438 g/mol. The van der Waals surface area contributed by atoms with E-state index in [2.05, 4.69) is 5.32 Å². The molecule has 160 valence electrons. The molecule has 0 fully saturated rings. The number of carbonyl (C=O) groups is 2. The molecule has 0 heterocycles. The molecule has 0 aliphatic rings. The van der Waals surface area contributed by atoms with Gasteiger partial charge in [0.1, 0.15) is 0 Å². The molecule has 1 amide bonds. The van der Waals surface area contributed by atoms with Crippen LogP contribution in [0.2, 0.25) is 0 Å². The number of hydrogen-bond donors (Lipinski definition) is 1. The molecule has 31 heavy (non-hydrogen) atoms. The SMILES string of the molecule is Cc1ccc(C)c(NC(=O)[C@@H](OC(=O)c2cccc(S(C)(=O)=O)c2)c2ccccc2)c1. The lowest BCUT2D eigenvalue weighted by Gasteiger charge is -2.19. The summed E-state index contributed by atoms with van der Waals surface area (Å²) in [6, 6.07) is 19.9. The van der Waals surface area contributed by atoms with E-state index in [0.717, 1.165) is 17.4 Å². The van der Waals surface area contributed by atoms with Gasteiger partial charge in [-0.25, -0.2) is 13.2 Å². The maximum atomic E-state index is 13.1. The van der Waals surface area contributed by atoms with E-state index in [4.69, 9.17) is 4.74 Å². The third kappa shape index (κ3) is 5.58. The van der Waals surface area contributed by atoms with Gasteiger partial charge in [0.2, 0.25) is 6.10 Å². The summed E-state index contributed by atoms with van der Waals surface area (Å²) in [5, 5.41) is 2.83. The molecular formula is C24H23NO5S. The fraction of sp³-hybridized carbons (Fsp3) is 0.167. The number of benzene rings is 3. The third-order valence-corrected chi connectivity index (χ3v) is 5.82. The van der Waals surface area contributed by atoms with Crippen LogP contribution in [0.25, 0.3) is 0 Å². The van der Waals surface area contributed by atoms with Crippen LogP contribution in [0.15, 0.2) is 77.7 Å². The minimum atomic E-state index is -3.49. The Bertz CT molecular complexity index is 1220. The van der Waals surface area contributed by atoms with Gasteiger partial charge in [-0.2, -0.15) is 0 Å². The molecule has 1 atom stereocenters. The van der Waals surface area contributed by atoms with Crippen molar-refractivity contribution in [2.75, 3.05) is 11.6 Å². The molecule has 0 unspecified atom stereocenters. The van der Waals surface area contributed by atoms with Gasteiger partial charge >= 0.3 is 5.97 Å². The first-order valence-corrected chi connectivity index (χ1v) is 11.5. The minimum Gasteiger partial charge on any atom is -0.444 e. The quantitative estimate of drug-likeness (QED) is 0.583. The Morgan fingerprint density at radius 3 is 2.29 bits per heavy atom. The Hall–Kier alpha value is -3.45. The van der Waals surface area contributed by atoms with Gasteiger partial charge in [-0.15, -0.1) is 0 Å². The highest BCUT2D eigenvalue weighted by atomic mass is 32.2. The van der Waals surface area contributed by atoms with Crippen LogP contribution < -0.4 is 5.32 Å². The highest BCUT2D eigenvalue weighted by Crippen LogP contribution is 2.24. The lowest BCUT2D eigenvalue weighted by molar-refractivity contribution is -0.125. The van der Waals surface area contributed by atoms with E-state index in [1.807, 2.05) is 32.0 Å². The fourth-order valence-corrected chi connectivity index (χ4v) is 3.67. The molecule has 0 aromatic heterocycles. The first-order chi connectivity index (χ1) is 14.6. The molecule has 0 spiro atoms. The van der Waals surface area contributed by atoms with E-state index in [9.17, 15) is 18.0 Å². The number of hydrogen-bond acceptors (Lipinski definition) is 5. The van der Waals surface area contributed by atoms with Gasteiger partial charge in [0.15, 0.2) is 9.84 Å². The fourth-order valence-electron chi connectivity index (χ4n) is 3.00. The predicted octanol–water partition coefficient (Wildman–Crippen LogP) is 4.24. The largest absolute Gasteiger partial charge is 0.444 e. The Kier molecular flexibility index (Phi) is 6.56. The van der Waals surface area contributed by atoms with Crippen LogP contribution >= 0.6 is 0 Å². The Labute approximate surface area is 181 Å². The van der Waals surface area contributed by atoms with E-state index >= 15 is 0 Å². The van der Waals surface area contributed by atoms with E-state index < -0.39 is 27.8 Å². The summed E-state index contributed by atoms with van der Waals surface area (Å²) < 4.78 is 29.2. The van der Waals surface area contributed by atoms with Crippen molar-refractivity contribution in [2.45, 2.75) is 24.8 Å². The van der Waals surface area contributed by atoms with Crippen LogP contribution in [-0.2, 0) is 19.4 Å². The summed E-state index contributed by atoms with van der Waals surface area (Å²) in [7, 11) is -3.49. The molecule has 6 nitrogen and oxygen atoms in total. The van der Waals surface area contributed by atoms with Gasteiger partial charge in [-0.05, 0) is 49.2 Å². The molecule has 3 rings (SSSR count). The van der Waals surface area contributed by atoms with Gasteiger partial charge in [0, 0.05) is 17.5 Å². The van der Waals surface area contributed by atoms with Gasteiger partial charge in [0.05, 0.1) is 10.5 Å². The zero-order valence-corrected chi connectivity index (χ0v) is 18.3. The maximum absolute atomic E-state index is 13.1. The number of nitrogens with one attached hydrogen (secondary N) is 1. The lowest BCUT2D eigenvalue weighted by Crippen LogP contribution is -2.26. The first-order valence-electron chi connectivity index (χ1n) is 9.59. The second-order valence-electron chi connectivity index (χ2n) is 7.30. The molecular weight excluding hydrogens is 414 g/mol. The highest BCUT2D eigenvalue weighted by molar-refractivity contribution is 7.90. The number of amides is 1. The van der Waals surface area contributed by atoms with E-state index in [-0.39, 0.29) is 10.5 Å². The third-order valence-electron chi connectivity index (χ3n) is 4.71. The summed E-state index contributed by atoms with van der Waals surface area (Å²) >= 11 is 0. The van der Waals surface area contributed by atoms with E-state index in [1.165, 1.54) is 24.3 Å². The Balaban J connectivity index is 1.91. The molecule has 0 aliphatic heterocycles. The van der Waals surface area contributed by atoms with Crippen LogP contribution in [0.1, 0.15) is 33.2 Å². The second-order valence-corrected chi connectivity index (χ2v) is 9.32. The zero-order valence-electron chi connectivity index (χ0n) is 17.5. The standard InChI is InChI=1S/C24H23NO5S/c1-16-12-13-17(2)21(14-16)25-23(26)22(18-8-5-4-6-9-18)30-24(27)19-10-7-11-20(15-19)31(3,28)29/h4-15,22H,1-3H3,(H,25,26)/t22-/m0/s1. The summed E-state index contributed by atoms with van der Waals surface area (Å²) in [6.45, 7) is 3.79. The summed E-state index contributed by atoms with van der Waals surface area (Å²) in [6.07, 6.45) is -0.155. The monoisotopic (exact) mass is 437 g/mol. The molecule has 0 saturated heterocycles. The van der Waals surface area contributed by atoms with Crippen LogP contribution in [0.4, 0.5) is 5.69 Å². The Morgan fingerprint density at radius 1 is 0.903 bits per heavy atom. The second kappa shape index (κ2) is 9.14. The van der Waals surface area contributed by atoms with Crippen molar-refractivity contribution in [1.82, 2.24) is 0 Å². The van der Waals surface area contributed by atoms with Crippen molar-refractivity contribution in [2.24, 2.45) is 0 Å². The molecule has 7 heteroatoms. The predicted molar refractivity (Wildman–Crippen MR) is 119 cm³/mol. The topological polar surface area (TPSA) is 89.5 Å². The zero-order chi connectivity index (χ0) is 22.6. The molecule has 1 N–H and O–H groups in total. The van der Waals surface area contributed by atoms with Crippen molar-refractivity contribution in [3.05, 3.63) is 95.1 Å². The van der Waals surface area contributed by atoms with Crippen LogP contribution in [-0.4, -0.2) is 26.6 Å². The average Bonchev–Trinajstić information content (AvgIpc) is 2.74. The summed E-state index contributed by atoms with van der Waals surface area (Å²) in [4.78, 5) is 25.9. The van der Waals surface area contributed by atoms with Crippen molar-refractivity contribution in [3.8, 4) is 0 Å². The van der Waals surface area contributed by atoms with Gasteiger partial charge in [0.25, 0.3) is 5.91 Å². The number of rotatable bonds is 6. The number of aryl methyl sites for hydroxylation is 2. The van der Waals surface area contributed by atoms with Crippen molar-refractivity contribution in [1.29, 1.82) is 0 Å². The number of anilines is 1. The van der Waals surface area contributed by atoms with Crippen LogP contribution in [0.5, 0.6) is 0 Å². The lowest BCUT2D eigenvalue weighted by atomic mass is 10.1. The summed E-state index contributed by atoms with van der Waals surface area (Å²) in [5.41, 5.74) is 3.02. The van der Waals surface area contributed by atoms with Gasteiger partial charge < -0.3 is 10.1 Å². The van der Waals surface area contributed by atoms with Gasteiger partial charge in [-0.3, -0.25) is 4.79 Å². The highest BCUT2D eigenvalue weighted by Gasteiger charge is 2.26.